The number of esters is 1. The number of hydrogen-bond acceptors (Lipinski definition) is 7. The van der Waals surface area contributed by atoms with Gasteiger partial charge in [-0.2, -0.15) is 0 Å². The average Bonchev–Trinajstić information content (AvgIpc) is 2.94. The number of hydrogen-bond donors (Lipinski definition) is 2. The Kier molecular flexibility index (Phi) is 3.01. The Morgan fingerprint density at radius 2 is 1.43 bits per heavy atom. The fourth-order valence-electron chi connectivity index (χ4n) is 3.81. The highest BCUT2D eigenvalue weighted by Gasteiger charge is 2.54. The molecule has 2 aliphatic rings. The molecule has 2 N–H and O–H groups in total. The smallest absolute Gasteiger partial charge is 0.340 e. The molecule has 8 heteroatoms. The summed E-state index contributed by atoms with van der Waals surface area (Å²) in [7, 11) is 0. The van der Waals surface area contributed by atoms with E-state index in [1.807, 2.05) is 0 Å². The van der Waals surface area contributed by atoms with Crippen LogP contribution in [0, 0.1) is 10.1 Å². The Bertz CT molecular complexity index is 1150. The number of nitro benzene ring substituents is 1. The maximum Gasteiger partial charge on any atom is 0.340 e. The topological polar surface area (TPSA) is 119 Å². The molecule has 0 aliphatic carbocycles. The van der Waals surface area contributed by atoms with Gasteiger partial charge in [-0.05, 0) is 30.3 Å². The van der Waals surface area contributed by atoms with E-state index < -0.39 is 16.5 Å². The highest BCUT2D eigenvalue weighted by Crippen LogP contribution is 2.57. The van der Waals surface area contributed by atoms with Gasteiger partial charge in [0.25, 0.3) is 5.69 Å². The van der Waals surface area contributed by atoms with Crippen molar-refractivity contribution in [2.24, 2.45) is 0 Å². The highest BCUT2D eigenvalue weighted by atomic mass is 16.6. The van der Waals surface area contributed by atoms with E-state index in [1.54, 1.807) is 12.1 Å². The third-order valence-corrected chi connectivity index (χ3v) is 4.97. The Morgan fingerprint density at radius 1 is 0.857 bits per heavy atom. The first-order valence-electron chi connectivity index (χ1n) is 8.27. The summed E-state index contributed by atoms with van der Waals surface area (Å²) in [5.41, 5.74) is -0.212. The molecule has 0 saturated heterocycles. The fraction of sp³-hybridized carbons (Fsp3) is 0.0500. The maximum atomic E-state index is 12.7. The molecule has 0 unspecified atom stereocenters. The van der Waals surface area contributed by atoms with Crippen LogP contribution in [0.5, 0.6) is 23.0 Å². The minimum atomic E-state index is -1.41. The van der Waals surface area contributed by atoms with Crippen LogP contribution in [0.3, 0.4) is 0 Å². The summed E-state index contributed by atoms with van der Waals surface area (Å²) >= 11 is 0. The van der Waals surface area contributed by atoms with Gasteiger partial charge in [0, 0.05) is 41.0 Å². The highest BCUT2D eigenvalue weighted by molar-refractivity contribution is 5.97. The van der Waals surface area contributed by atoms with Gasteiger partial charge in [-0.15, -0.1) is 0 Å². The molecule has 8 nitrogen and oxygen atoms in total. The number of non-ortho nitro benzene ring substituents is 1. The molecule has 0 atom stereocenters. The minimum absolute atomic E-state index is 0.0502. The maximum absolute atomic E-state index is 12.7. The van der Waals surface area contributed by atoms with Gasteiger partial charge < -0.3 is 19.7 Å². The number of nitrogens with zero attached hydrogens (tertiary/aromatic N) is 1. The zero-order valence-electron chi connectivity index (χ0n) is 14.1. The standard InChI is InChI=1S/C20H11NO7/c22-11-2-5-15-17(8-11)27-18-9-12(23)3-6-16(18)20(15)14-4-1-10(21(25)26)7-13(14)19(24)28-20/h1-9,22-23H. The monoisotopic (exact) mass is 377 g/mol. The predicted octanol–water partition coefficient (Wildman–Crippen LogP) is 3.57. The third kappa shape index (κ3) is 1.96. The van der Waals surface area contributed by atoms with Crippen molar-refractivity contribution in [1.82, 2.24) is 0 Å². The Hall–Kier alpha value is -4.07. The number of benzene rings is 3. The van der Waals surface area contributed by atoms with Crippen LogP contribution < -0.4 is 4.74 Å². The van der Waals surface area contributed by atoms with Crippen molar-refractivity contribution in [3.63, 3.8) is 0 Å². The molecule has 1 spiro atoms. The molecule has 2 heterocycles. The number of aromatic hydroxyl groups is 2. The van der Waals surface area contributed by atoms with Gasteiger partial charge in [-0.25, -0.2) is 4.79 Å². The van der Waals surface area contributed by atoms with Crippen molar-refractivity contribution in [2.45, 2.75) is 5.60 Å². The molecular weight excluding hydrogens is 366 g/mol. The SMILES string of the molecule is O=C1OC2(c3ccc(O)cc3Oc3cc(O)ccc32)c2ccc([N+](=O)[O-])cc21. The third-order valence-electron chi connectivity index (χ3n) is 4.97. The first kappa shape index (κ1) is 16.1. The van der Waals surface area contributed by atoms with E-state index >= 15 is 0 Å². The van der Waals surface area contributed by atoms with E-state index in [-0.39, 0.29) is 34.2 Å². The fourth-order valence-corrected chi connectivity index (χ4v) is 3.81. The van der Waals surface area contributed by atoms with Crippen LogP contribution in [-0.2, 0) is 10.3 Å². The van der Waals surface area contributed by atoms with E-state index in [0.29, 0.717) is 16.7 Å². The first-order chi connectivity index (χ1) is 13.4. The summed E-state index contributed by atoms with van der Waals surface area (Å²) < 4.78 is 11.6. The second-order valence-electron chi connectivity index (χ2n) is 6.52. The molecule has 3 aromatic rings. The quantitative estimate of drug-likeness (QED) is 0.378. The van der Waals surface area contributed by atoms with Crippen LogP contribution >= 0.6 is 0 Å². The number of phenols is 2. The number of carbonyl (C=O) groups is 1. The van der Waals surface area contributed by atoms with E-state index in [1.165, 1.54) is 42.5 Å². The lowest BCUT2D eigenvalue weighted by Crippen LogP contribution is -2.32. The van der Waals surface area contributed by atoms with Crippen molar-refractivity contribution in [1.29, 1.82) is 0 Å². The van der Waals surface area contributed by atoms with Crippen molar-refractivity contribution in [2.75, 3.05) is 0 Å². The minimum Gasteiger partial charge on any atom is -0.508 e. The second kappa shape index (κ2) is 5.23. The summed E-state index contributed by atoms with van der Waals surface area (Å²) in [5.74, 6) is -0.315. The second-order valence-corrected chi connectivity index (χ2v) is 6.52. The number of ether oxygens (including phenoxy) is 2. The molecule has 0 radical (unpaired) electrons. The van der Waals surface area contributed by atoms with Gasteiger partial charge in [-0.3, -0.25) is 10.1 Å². The zero-order valence-corrected chi connectivity index (χ0v) is 14.1. The Balaban J connectivity index is 1.87. The van der Waals surface area contributed by atoms with Crippen molar-refractivity contribution < 1.29 is 29.4 Å². The summed E-state index contributed by atoms with van der Waals surface area (Å²) in [5, 5.41) is 30.8. The van der Waals surface area contributed by atoms with Crippen LogP contribution in [0.25, 0.3) is 0 Å². The van der Waals surface area contributed by atoms with Gasteiger partial charge in [0.2, 0.25) is 0 Å². The lowest BCUT2D eigenvalue weighted by atomic mass is 9.77. The van der Waals surface area contributed by atoms with Crippen LogP contribution in [0.15, 0.2) is 54.6 Å². The summed E-state index contributed by atoms with van der Waals surface area (Å²) in [4.78, 5) is 23.2. The molecule has 0 amide bonds. The van der Waals surface area contributed by atoms with E-state index in [4.69, 9.17) is 9.47 Å². The summed E-state index contributed by atoms with van der Waals surface area (Å²) in [6, 6.07) is 12.7. The van der Waals surface area contributed by atoms with Crippen LogP contribution in [-0.4, -0.2) is 21.1 Å². The lowest BCUT2D eigenvalue weighted by Gasteiger charge is -2.36. The van der Waals surface area contributed by atoms with E-state index in [2.05, 4.69) is 0 Å². The number of carbonyl (C=O) groups excluding carboxylic acids is 1. The molecule has 2 aliphatic heterocycles. The Morgan fingerprint density at radius 3 is 2.00 bits per heavy atom. The Labute approximate surface area is 157 Å². The largest absolute Gasteiger partial charge is 0.508 e. The molecule has 0 aromatic heterocycles. The number of fused-ring (bicyclic) bond motifs is 6. The van der Waals surface area contributed by atoms with E-state index in [0.717, 1.165) is 0 Å². The molecular formula is C20H11NO7. The van der Waals surface area contributed by atoms with Crippen LogP contribution in [0.1, 0.15) is 27.0 Å². The van der Waals surface area contributed by atoms with Crippen molar-refractivity contribution in [3.05, 3.63) is 87.0 Å². The van der Waals surface area contributed by atoms with Gasteiger partial charge in [0.05, 0.1) is 10.5 Å². The van der Waals surface area contributed by atoms with Gasteiger partial charge >= 0.3 is 5.97 Å². The molecule has 28 heavy (non-hydrogen) atoms. The normalized spacial score (nSPS) is 15.2. The van der Waals surface area contributed by atoms with Gasteiger partial charge in [-0.1, -0.05) is 0 Å². The molecule has 138 valence electrons. The number of phenolic OH excluding ortho intramolecular Hbond substituents is 2. The van der Waals surface area contributed by atoms with Crippen molar-refractivity contribution in [3.8, 4) is 23.0 Å². The van der Waals surface area contributed by atoms with Gasteiger partial charge in [0.1, 0.15) is 23.0 Å². The van der Waals surface area contributed by atoms with Crippen LogP contribution in [0.2, 0.25) is 0 Å². The molecule has 0 fully saturated rings. The van der Waals surface area contributed by atoms with Crippen LogP contribution in [0.4, 0.5) is 5.69 Å². The summed E-state index contributed by atoms with van der Waals surface area (Å²) in [6.45, 7) is 0. The molecule has 5 rings (SSSR count). The predicted molar refractivity (Wildman–Crippen MR) is 94.7 cm³/mol. The van der Waals surface area contributed by atoms with Gasteiger partial charge in [0.15, 0.2) is 5.60 Å². The summed E-state index contributed by atoms with van der Waals surface area (Å²) in [6.07, 6.45) is 0. The zero-order chi connectivity index (χ0) is 19.6. The molecule has 0 saturated carbocycles. The lowest BCUT2D eigenvalue weighted by molar-refractivity contribution is -0.384. The average molecular weight is 377 g/mol. The number of nitro groups is 1. The van der Waals surface area contributed by atoms with Crippen molar-refractivity contribution >= 4 is 11.7 Å². The van der Waals surface area contributed by atoms with E-state index in [9.17, 15) is 25.1 Å². The molecule has 3 aromatic carbocycles. The molecule has 0 bridgehead atoms. The number of rotatable bonds is 1. The first-order valence-corrected chi connectivity index (χ1v) is 8.27.